The molecule has 1 aromatic heterocycles. The summed E-state index contributed by atoms with van der Waals surface area (Å²) >= 11 is 1.63. The second-order valence-electron chi connectivity index (χ2n) is 4.51. The van der Waals surface area contributed by atoms with Crippen LogP contribution in [0.5, 0.6) is 17.2 Å². The Morgan fingerprint density at radius 2 is 1.71 bits per heavy atom. The summed E-state index contributed by atoms with van der Waals surface area (Å²) in [6.45, 7) is 1.99. The zero-order valence-electron chi connectivity index (χ0n) is 12.9. The predicted molar refractivity (Wildman–Crippen MR) is 83.9 cm³/mol. The van der Waals surface area contributed by atoms with E-state index in [1.165, 1.54) is 0 Å². The molecule has 114 valence electrons. The van der Waals surface area contributed by atoms with E-state index in [-0.39, 0.29) is 6.04 Å². The number of aryl methyl sites for hydroxylation is 1. The van der Waals surface area contributed by atoms with Gasteiger partial charge in [-0.2, -0.15) is 0 Å². The van der Waals surface area contributed by atoms with Gasteiger partial charge in [-0.15, -0.1) is 11.3 Å². The predicted octanol–water partition coefficient (Wildman–Crippen LogP) is 2.79. The Morgan fingerprint density at radius 1 is 1.10 bits per heavy atom. The van der Waals surface area contributed by atoms with Gasteiger partial charge in [0.2, 0.25) is 5.75 Å². The second kappa shape index (κ2) is 6.78. The summed E-state index contributed by atoms with van der Waals surface area (Å²) in [7, 11) is 6.73. The molecular formula is C15H20N2O3S. The molecule has 0 aliphatic rings. The number of benzene rings is 1. The van der Waals surface area contributed by atoms with E-state index in [1.807, 2.05) is 31.5 Å². The summed E-state index contributed by atoms with van der Waals surface area (Å²) in [6, 6.07) is 3.87. The van der Waals surface area contributed by atoms with E-state index in [4.69, 9.17) is 14.2 Å². The number of aromatic nitrogens is 1. The Kier molecular flexibility index (Phi) is 5.03. The SMILES string of the molecule is CNC(c1cc(OC)c(OC)c(OC)c1)c1nc(C)cs1. The topological polar surface area (TPSA) is 52.6 Å². The molecule has 1 N–H and O–H groups in total. The average Bonchev–Trinajstić information content (AvgIpc) is 2.93. The minimum absolute atomic E-state index is 0.0163. The lowest BCUT2D eigenvalue weighted by atomic mass is 10.1. The number of ether oxygens (including phenoxy) is 3. The third-order valence-electron chi connectivity index (χ3n) is 3.19. The third kappa shape index (κ3) is 3.11. The normalized spacial score (nSPS) is 12.0. The Hall–Kier alpha value is -1.79. The Morgan fingerprint density at radius 3 is 2.10 bits per heavy atom. The monoisotopic (exact) mass is 308 g/mol. The first-order valence-corrected chi connectivity index (χ1v) is 7.41. The van der Waals surface area contributed by atoms with Gasteiger partial charge in [-0.3, -0.25) is 0 Å². The van der Waals surface area contributed by atoms with Gasteiger partial charge in [-0.05, 0) is 31.7 Å². The summed E-state index contributed by atoms with van der Waals surface area (Å²) in [4.78, 5) is 4.55. The highest BCUT2D eigenvalue weighted by Gasteiger charge is 2.21. The number of nitrogens with one attached hydrogen (secondary N) is 1. The van der Waals surface area contributed by atoms with E-state index in [0.717, 1.165) is 16.3 Å². The van der Waals surface area contributed by atoms with Gasteiger partial charge in [0.05, 0.1) is 27.4 Å². The number of rotatable bonds is 6. The molecule has 1 unspecified atom stereocenters. The molecule has 0 aliphatic carbocycles. The summed E-state index contributed by atoms with van der Waals surface area (Å²) in [5, 5.41) is 6.33. The van der Waals surface area contributed by atoms with E-state index in [0.29, 0.717) is 17.2 Å². The van der Waals surface area contributed by atoms with Crippen LogP contribution < -0.4 is 19.5 Å². The summed E-state index contributed by atoms with van der Waals surface area (Å²) < 4.78 is 16.2. The molecule has 0 bridgehead atoms. The first-order chi connectivity index (χ1) is 10.1. The van der Waals surface area contributed by atoms with Gasteiger partial charge in [0.1, 0.15) is 5.01 Å². The average molecular weight is 308 g/mol. The van der Waals surface area contributed by atoms with Gasteiger partial charge >= 0.3 is 0 Å². The molecule has 0 spiro atoms. The minimum Gasteiger partial charge on any atom is -0.493 e. The van der Waals surface area contributed by atoms with Gasteiger partial charge in [0.15, 0.2) is 11.5 Å². The molecule has 0 fully saturated rings. The van der Waals surface area contributed by atoms with Crippen LogP contribution in [-0.2, 0) is 0 Å². The van der Waals surface area contributed by atoms with Crippen LogP contribution in [0.1, 0.15) is 22.3 Å². The molecule has 0 radical (unpaired) electrons. The number of hydrogen-bond acceptors (Lipinski definition) is 6. The third-order valence-corrected chi connectivity index (χ3v) is 4.22. The summed E-state index contributed by atoms with van der Waals surface area (Å²) in [6.07, 6.45) is 0. The van der Waals surface area contributed by atoms with Crippen LogP contribution in [0, 0.1) is 6.92 Å². The molecule has 0 saturated carbocycles. The number of thiazole rings is 1. The van der Waals surface area contributed by atoms with E-state index >= 15 is 0 Å². The molecular weight excluding hydrogens is 288 g/mol. The molecule has 5 nitrogen and oxygen atoms in total. The Bertz CT molecular complexity index is 588. The van der Waals surface area contributed by atoms with Crippen molar-refractivity contribution in [2.75, 3.05) is 28.4 Å². The first-order valence-electron chi connectivity index (χ1n) is 6.53. The van der Waals surface area contributed by atoms with Crippen molar-refractivity contribution < 1.29 is 14.2 Å². The molecule has 2 rings (SSSR count). The van der Waals surface area contributed by atoms with Crippen molar-refractivity contribution in [1.82, 2.24) is 10.3 Å². The maximum atomic E-state index is 5.41. The van der Waals surface area contributed by atoms with Crippen LogP contribution in [-0.4, -0.2) is 33.4 Å². The van der Waals surface area contributed by atoms with Crippen molar-refractivity contribution in [3.05, 3.63) is 33.8 Å². The molecule has 1 heterocycles. The van der Waals surface area contributed by atoms with Crippen molar-refractivity contribution in [2.24, 2.45) is 0 Å². The molecule has 0 saturated heterocycles. The summed E-state index contributed by atoms with van der Waals surface area (Å²) in [5.74, 6) is 1.87. The fraction of sp³-hybridized carbons (Fsp3) is 0.400. The molecule has 0 aliphatic heterocycles. The maximum Gasteiger partial charge on any atom is 0.203 e. The van der Waals surface area contributed by atoms with Crippen LogP contribution in [0.25, 0.3) is 0 Å². The van der Waals surface area contributed by atoms with Gasteiger partial charge < -0.3 is 19.5 Å². The molecule has 0 amide bonds. The molecule has 6 heteroatoms. The zero-order chi connectivity index (χ0) is 15.4. The molecule has 1 atom stereocenters. The quantitative estimate of drug-likeness (QED) is 0.889. The second-order valence-corrected chi connectivity index (χ2v) is 5.40. The maximum absolute atomic E-state index is 5.41. The van der Waals surface area contributed by atoms with Crippen molar-refractivity contribution in [2.45, 2.75) is 13.0 Å². The van der Waals surface area contributed by atoms with Crippen molar-refractivity contribution in [1.29, 1.82) is 0 Å². The van der Waals surface area contributed by atoms with Crippen LogP contribution in [0.15, 0.2) is 17.5 Å². The van der Waals surface area contributed by atoms with Gasteiger partial charge in [-0.1, -0.05) is 0 Å². The summed E-state index contributed by atoms with van der Waals surface area (Å²) in [5.41, 5.74) is 2.03. The molecule has 2 aromatic rings. The van der Waals surface area contributed by atoms with Crippen LogP contribution in [0.2, 0.25) is 0 Å². The van der Waals surface area contributed by atoms with E-state index in [1.54, 1.807) is 32.7 Å². The zero-order valence-corrected chi connectivity index (χ0v) is 13.7. The van der Waals surface area contributed by atoms with E-state index in [9.17, 15) is 0 Å². The highest BCUT2D eigenvalue weighted by atomic mass is 32.1. The van der Waals surface area contributed by atoms with Gasteiger partial charge in [-0.25, -0.2) is 4.98 Å². The van der Waals surface area contributed by atoms with Crippen molar-refractivity contribution in [3.8, 4) is 17.2 Å². The number of nitrogens with zero attached hydrogens (tertiary/aromatic N) is 1. The van der Waals surface area contributed by atoms with Gasteiger partial charge in [0, 0.05) is 11.1 Å². The number of hydrogen-bond donors (Lipinski definition) is 1. The lowest BCUT2D eigenvalue weighted by Crippen LogP contribution is -2.17. The molecule has 1 aromatic carbocycles. The smallest absolute Gasteiger partial charge is 0.203 e. The van der Waals surface area contributed by atoms with Crippen LogP contribution >= 0.6 is 11.3 Å². The lowest BCUT2D eigenvalue weighted by Gasteiger charge is -2.18. The Balaban J connectivity index is 2.51. The standard InChI is InChI=1S/C15H20N2O3S/c1-9-8-21-15(17-9)13(16-2)10-6-11(18-3)14(20-5)12(7-10)19-4/h6-8,13,16H,1-5H3. The van der Waals surface area contributed by atoms with E-state index in [2.05, 4.69) is 10.3 Å². The highest BCUT2D eigenvalue weighted by Crippen LogP contribution is 2.40. The van der Waals surface area contributed by atoms with Crippen LogP contribution in [0.4, 0.5) is 0 Å². The Labute approximate surface area is 128 Å². The van der Waals surface area contributed by atoms with E-state index < -0.39 is 0 Å². The fourth-order valence-electron chi connectivity index (χ4n) is 2.21. The van der Waals surface area contributed by atoms with Gasteiger partial charge in [0.25, 0.3) is 0 Å². The minimum atomic E-state index is -0.0163. The fourth-order valence-corrected chi connectivity index (χ4v) is 3.14. The highest BCUT2D eigenvalue weighted by molar-refractivity contribution is 7.09. The van der Waals surface area contributed by atoms with Crippen LogP contribution in [0.3, 0.4) is 0 Å². The van der Waals surface area contributed by atoms with Crippen molar-refractivity contribution in [3.63, 3.8) is 0 Å². The molecule has 21 heavy (non-hydrogen) atoms. The number of methoxy groups -OCH3 is 3. The first kappa shape index (κ1) is 15.6. The lowest BCUT2D eigenvalue weighted by molar-refractivity contribution is 0.323. The largest absolute Gasteiger partial charge is 0.493 e. The van der Waals surface area contributed by atoms with Crippen molar-refractivity contribution >= 4 is 11.3 Å².